The van der Waals surface area contributed by atoms with Crippen LogP contribution in [0.5, 0.6) is 0 Å². The SMILES string of the molecule is CCC(=O)NC(CO)C(=O)N1CCCC1CC(C)(C)C(=O)OCc1ccccc1. The number of likely N-dealkylation sites (tertiary alicyclic amines) is 1. The molecular weight excluding hydrogens is 372 g/mol. The van der Waals surface area contributed by atoms with Crippen molar-refractivity contribution in [3.05, 3.63) is 35.9 Å². The zero-order valence-electron chi connectivity index (χ0n) is 17.5. The number of rotatable bonds is 9. The Labute approximate surface area is 172 Å². The molecule has 1 aromatic carbocycles. The van der Waals surface area contributed by atoms with Crippen LogP contribution in [0.3, 0.4) is 0 Å². The zero-order valence-corrected chi connectivity index (χ0v) is 17.5. The Morgan fingerprint density at radius 3 is 2.59 bits per heavy atom. The minimum absolute atomic E-state index is 0.130. The molecule has 1 fully saturated rings. The fourth-order valence-corrected chi connectivity index (χ4v) is 3.61. The second kappa shape index (κ2) is 10.4. The highest BCUT2D eigenvalue weighted by Crippen LogP contribution is 2.32. The summed E-state index contributed by atoms with van der Waals surface area (Å²) in [5.74, 6) is -0.887. The Morgan fingerprint density at radius 1 is 1.28 bits per heavy atom. The van der Waals surface area contributed by atoms with E-state index in [1.165, 1.54) is 0 Å². The van der Waals surface area contributed by atoms with Gasteiger partial charge in [-0.3, -0.25) is 14.4 Å². The topological polar surface area (TPSA) is 95.9 Å². The number of benzene rings is 1. The Kier molecular flexibility index (Phi) is 8.20. The van der Waals surface area contributed by atoms with Crippen LogP contribution < -0.4 is 5.32 Å². The maximum Gasteiger partial charge on any atom is 0.311 e. The molecule has 2 atom stereocenters. The molecule has 2 amide bonds. The van der Waals surface area contributed by atoms with Gasteiger partial charge in [0.25, 0.3) is 0 Å². The van der Waals surface area contributed by atoms with Crippen LogP contribution >= 0.6 is 0 Å². The lowest BCUT2D eigenvalue weighted by molar-refractivity contribution is -0.157. The van der Waals surface area contributed by atoms with Gasteiger partial charge in [-0.15, -0.1) is 0 Å². The summed E-state index contributed by atoms with van der Waals surface area (Å²) in [7, 11) is 0. The van der Waals surface area contributed by atoms with Gasteiger partial charge in [-0.2, -0.15) is 0 Å². The fourth-order valence-electron chi connectivity index (χ4n) is 3.61. The second-order valence-corrected chi connectivity index (χ2v) is 8.13. The molecule has 2 N–H and O–H groups in total. The number of ether oxygens (including phenoxy) is 1. The number of carbonyl (C=O) groups is 3. The van der Waals surface area contributed by atoms with Gasteiger partial charge in [0, 0.05) is 19.0 Å². The zero-order chi connectivity index (χ0) is 21.4. The number of nitrogens with zero attached hydrogens (tertiary/aromatic N) is 1. The monoisotopic (exact) mass is 404 g/mol. The van der Waals surface area contributed by atoms with Gasteiger partial charge in [0.15, 0.2) is 0 Å². The molecule has 1 aliphatic heterocycles. The summed E-state index contributed by atoms with van der Waals surface area (Å²) in [4.78, 5) is 38.8. The fraction of sp³-hybridized carbons (Fsp3) is 0.591. The van der Waals surface area contributed by atoms with Crippen LogP contribution in [0.4, 0.5) is 0 Å². The van der Waals surface area contributed by atoms with E-state index in [0.29, 0.717) is 13.0 Å². The summed E-state index contributed by atoms with van der Waals surface area (Å²) in [6, 6.07) is 8.42. The number of aliphatic hydroxyl groups is 1. The summed E-state index contributed by atoms with van der Waals surface area (Å²) < 4.78 is 5.50. The molecule has 7 heteroatoms. The minimum Gasteiger partial charge on any atom is -0.460 e. The number of aliphatic hydroxyl groups excluding tert-OH is 1. The molecule has 0 saturated carbocycles. The van der Waals surface area contributed by atoms with Crippen molar-refractivity contribution in [1.82, 2.24) is 10.2 Å². The van der Waals surface area contributed by atoms with E-state index in [9.17, 15) is 19.5 Å². The number of carbonyl (C=O) groups excluding carboxylic acids is 3. The standard InChI is InChI=1S/C22H32N2O5/c1-4-19(26)23-18(14-25)20(27)24-12-8-11-17(24)13-22(2,3)21(28)29-15-16-9-6-5-7-10-16/h5-7,9-10,17-18,25H,4,8,11-15H2,1-3H3,(H,23,26). The molecule has 0 bridgehead atoms. The first-order valence-electron chi connectivity index (χ1n) is 10.2. The molecule has 160 valence electrons. The minimum atomic E-state index is -0.948. The third-order valence-corrected chi connectivity index (χ3v) is 5.31. The van der Waals surface area contributed by atoms with E-state index >= 15 is 0 Å². The lowest BCUT2D eigenvalue weighted by Gasteiger charge is -2.33. The average Bonchev–Trinajstić information content (AvgIpc) is 3.17. The number of hydrogen-bond donors (Lipinski definition) is 2. The second-order valence-electron chi connectivity index (χ2n) is 8.13. The van der Waals surface area contributed by atoms with Crippen LogP contribution in [0.25, 0.3) is 0 Å². The smallest absolute Gasteiger partial charge is 0.311 e. The van der Waals surface area contributed by atoms with Crippen molar-refractivity contribution in [2.24, 2.45) is 5.41 Å². The van der Waals surface area contributed by atoms with Crippen molar-refractivity contribution < 1.29 is 24.2 Å². The molecule has 1 heterocycles. The van der Waals surface area contributed by atoms with E-state index in [1.54, 1.807) is 11.8 Å². The summed E-state index contributed by atoms with van der Waals surface area (Å²) in [6.45, 7) is 5.66. The van der Waals surface area contributed by atoms with Gasteiger partial charge in [-0.25, -0.2) is 0 Å². The van der Waals surface area contributed by atoms with E-state index in [4.69, 9.17) is 4.74 Å². The molecule has 1 saturated heterocycles. The van der Waals surface area contributed by atoms with Gasteiger partial charge >= 0.3 is 5.97 Å². The average molecular weight is 405 g/mol. The molecule has 7 nitrogen and oxygen atoms in total. The van der Waals surface area contributed by atoms with Crippen molar-refractivity contribution in [2.45, 2.75) is 65.1 Å². The molecule has 0 radical (unpaired) electrons. The van der Waals surface area contributed by atoms with Crippen molar-refractivity contribution in [3.8, 4) is 0 Å². The lowest BCUT2D eigenvalue weighted by atomic mass is 9.85. The van der Waals surface area contributed by atoms with Crippen molar-refractivity contribution in [3.63, 3.8) is 0 Å². The van der Waals surface area contributed by atoms with Gasteiger partial charge < -0.3 is 20.1 Å². The van der Waals surface area contributed by atoms with Crippen LogP contribution in [0.15, 0.2) is 30.3 Å². The first-order valence-corrected chi connectivity index (χ1v) is 10.2. The molecule has 2 rings (SSSR count). The van der Waals surface area contributed by atoms with Crippen LogP contribution in [-0.4, -0.2) is 53.0 Å². The van der Waals surface area contributed by atoms with Crippen LogP contribution in [0.2, 0.25) is 0 Å². The summed E-state index contributed by atoms with van der Waals surface area (Å²) in [5, 5.41) is 12.1. The maximum absolute atomic E-state index is 12.8. The normalized spacial score (nSPS) is 17.7. The number of esters is 1. The van der Waals surface area contributed by atoms with Gasteiger partial charge in [-0.1, -0.05) is 37.3 Å². The third-order valence-electron chi connectivity index (χ3n) is 5.31. The van der Waals surface area contributed by atoms with Crippen LogP contribution in [0, 0.1) is 5.41 Å². The van der Waals surface area contributed by atoms with E-state index in [0.717, 1.165) is 18.4 Å². The molecule has 0 aliphatic carbocycles. The Balaban J connectivity index is 1.97. The molecule has 1 aliphatic rings. The highest BCUT2D eigenvalue weighted by Gasteiger charge is 2.39. The van der Waals surface area contributed by atoms with Crippen molar-refractivity contribution >= 4 is 17.8 Å². The number of amides is 2. The van der Waals surface area contributed by atoms with E-state index in [-0.39, 0.29) is 36.9 Å². The predicted molar refractivity (Wildman–Crippen MR) is 109 cm³/mol. The number of nitrogens with one attached hydrogen (secondary N) is 1. The number of hydrogen-bond acceptors (Lipinski definition) is 5. The Bertz CT molecular complexity index is 704. The van der Waals surface area contributed by atoms with Gasteiger partial charge in [0.2, 0.25) is 11.8 Å². The quantitative estimate of drug-likeness (QED) is 0.614. The third kappa shape index (κ3) is 6.29. The van der Waals surface area contributed by atoms with Gasteiger partial charge in [0.05, 0.1) is 12.0 Å². The van der Waals surface area contributed by atoms with Crippen LogP contribution in [0.1, 0.15) is 52.0 Å². The van der Waals surface area contributed by atoms with Crippen molar-refractivity contribution in [2.75, 3.05) is 13.2 Å². The molecular formula is C22H32N2O5. The predicted octanol–water partition coefficient (Wildman–Crippen LogP) is 2.02. The summed E-state index contributed by atoms with van der Waals surface area (Å²) in [5.41, 5.74) is 0.163. The molecule has 2 unspecified atom stereocenters. The highest BCUT2D eigenvalue weighted by molar-refractivity contribution is 5.88. The lowest BCUT2D eigenvalue weighted by Crippen LogP contribution is -2.52. The van der Waals surface area contributed by atoms with E-state index in [2.05, 4.69) is 5.32 Å². The molecule has 1 aromatic rings. The van der Waals surface area contributed by atoms with Gasteiger partial charge in [0.1, 0.15) is 12.6 Å². The first-order chi connectivity index (χ1) is 13.8. The molecule has 29 heavy (non-hydrogen) atoms. The largest absolute Gasteiger partial charge is 0.460 e. The molecule has 0 aromatic heterocycles. The van der Waals surface area contributed by atoms with E-state index in [1.807, 2.05) is 44.2 Å². The Morgan fingerprint density at radius 2 is 1.97 bits per heavy atom. The maximum atomic E-state index is 12.8. The first kappa shape index (κ1) is 22.9. The molecule has 0 spiro atoms. The Hall–Kier alpha value is -2.41. The van der Waals surface area contributed by atoms with Gasteiger partial charge in [-0.05, 0) is 38.7 Å². The summed E-state index contributed by atoms with van der Waals surface area (Å²) in [6.07, 6.45) is 2.31. The van der Waals surface area contributed by atoms with E-state index < -0.39 is 18.1 Å². The highest BCUT2D eigenvalue weighted by atomic mass is 16.5. The van der Waals surface area contributed by atoms with Crippen molar-refractivity contribution in [1.29, 1.82) is 0 Å². The van der Waals surface area contributed by atoms with Crippen LogP contribution in [-0.2, 0) is 25.7 Å². The summed E-state index contributed by atoms with van der Waals surface area (Å²) >= 11 is 0.